The monoisotopic (exact) mass is 310 g/mol. The summed E-state index contributed by atoms with van der Waals surface area (Å²) in [6.07, 6.45) is 1.10. The second-order valence-corrected chi connectivity index (χ2v) is 6.28. The van der Waals surface area contributed by atoms with Crippen molar-refractivity contribution in [2.45, 2.75) is 20.3 Å². The highest BCUT2D eigenvalue weighted by Crippen LogP contribution is 2.18. The van der Waals surface area contributed by atoms with Crippen molar-refractivity contribution in [1.29, 1.82) is 0 Å². The predicted molar refractivity (Wildman–Crippen MR) is 85.9 cm³/mol. The van der Waals surface area contributed by atoms with Gasteiger partial charge in [0, 0.05) is 25.7 Å². The largest absolute Gasteiger partial charge is 0.370 e. The number of aliphatic imine (C=N–C) groups is 1. The molecular formula is C16H24F2N4. The van der Waals surface area contributed by atoms with Crippen LogP contribution in [-0.2, 0) is 0 Å². The van der Waals surface area contributed by atoms with Gasteiger partial charge in [0.15, 0.2) is 5.96 Å². The van der Waals surface area contributed by atoms with Gasteiger partial charge in [-0.05, 0) is 36.9 Å². The smallest absolute Gasteiger partial charge is 0.193 e. The van der Waals surface area contributed by atoms with Gasteiger partial charge in [-0.1, -0.05) is 13.8 Å². The average molecular weight is 310 g/mol. The normalized spacial score (nSPS) is 19.9. The molecule has 1 saturated heterocycles. The van der Waals surface area contributed by atoms with Crippen molar-refractivity contribution in [3.8, 4) is 0 Å². The second kappa shape index (κ2) is 7.54. The van der Waals surface area contributed by atoms with Crippen LogP contribution < -0.4 is 11.1 Å². The summed E-state index contributed by atoms with van der Waals surface area (Å²) < 4.78 is 26.6. The van der Waals surface area contributed by atoms with Crippen LogP contribution in [0.1, 0.15) is 20.3 Å². The zero-order valence-electron chi connectivity index (χ0n) is 13.1. The standard InChI is InChI=1S/C16H24F2N4/c1-11(2)9-22-6-5-12(10-22)8-20-16(19)21-15-7-13(17)3-4-14(15)18/h3-4,7,11-12H,5-6,8-10H2,1-2H3,(H3,19,20,21). The van der Waals surface area contributed by atoms with Crippen LogP contribution in [0.4, 0.5) is 14.5 Å². The minimum atomic E-state index is -0.552. The molecule has 3 N–H and O–H groups in total. The van der Waals surface area contributed by atoms with Crippen LogP contribution in [0.15, 0.2) is 23.2 Å². The van der Waals surface area contributed by atoms with Gasteiger partial charge in [-0.15, -0.1) is 0 Å². The molecule has 0 amide bonds. The fourth-order valence-electron chi connectivity index (χ4n) is 2.74. The first-order chi connectivity index (χ1) is 10.4. The molecule has 1 unspecified atom stereocenters. The quantitative estimate of drug-likeness (QED) is 0.649. The summed E-state index contributed by atoms with van der Waals surface area (Å²) in [4.78, 5) is 6.68. The van der Waals surface area contributed by atoms with Gasteiger partial charge in [-0.3, -0.25) is 4.99 Å². The van der Waals surface area contributed by atoms with E-state index < -0.39 is 11.6 Å². The Morgan fingerprint density at radius 2 is 2.23 bits per heavy atom. The van der Waals surface area contributed by atoms with Crippen molar-refractivity contribution in [3.63, 3.8) is 0 Å². The number of rotatable bonds is 5. The van der Waals surface area contributed by atoms with E-state index in [1.165, 1.54) is 0 Å². The molecule has 0 aliphatic carbocycles. The summed E-state index contributed by atoms with van der Waals surface area (Å²) in [5, 5.41) is 2.62. The molecule has 0 aromatic heterocycles. The third kappa shape index (κ3) is 4.94. The molecule has 0 bridgehead atoms. The first-order valence-corrected chi connectivity index (χ1v) is 7.68. The van der Waals surface area contributed by atoms with Crippen molar-refractivity contribution >= 4 is 11.6 Å². The molecule has 122 valence electrons. The molecule has 2 rings (SSSR count). The number of hydrogen-bond donors (Lipinski definition) is 2. The molecule has 4 nitrogen and oxygen atoms in total. The first kappa shape index (κ1) is 16.7. The number of guanidine groups is 1. The highest BCUT2D eigenvalue weighted by Gasteiger charge is 2.22. The van der Waals surface area contributed by atoms with Gasteiger partial charge < -0.3 is 16.0 Å². The number of benzene rings is 1. The maximum Gasteiger partial charge on any atom is 0.193 e. The maximum atomic E-state index is 13.5. The molecule has 6 heteroatoms. The Bertz CT molecular complexity index is 531. The number of nitrogens with two attached hydrogens (primary N) is 1. The minimum absolute atomic E-state index is 0.00843. The fraction of sp³-hybridized carbons (Fsp3) is 0.562. The van der Waals surface area contributed by atoms with Gasteiger partial charge in [0.1, 0.15) is 11.6 Å². The van der Waals surface area contributed by atoms with Crippen molar-refractivity contribution in [1.82, 2.24) is 4.90 Å². The predicted octanol–water partition coefficient (Wildman–Crippen LogP) is 2.67. The van der Waals surface area contributed by atoms with E-state index in [1.54, 1.807) is 0 Å². The van der Waals surface area contributed by atoms with Crippen molar-refractivity contribution < 1.29 is 8.78 Å². The van der Waals surface area contributed by atoms with E-state index in [2.05, 4.69) is 29.1 Å². The van der Waals surface area contributed by atoms with E-state index >= 15 is 0 Å². The molecule has 1 aliphatic rings. The fourth-order valence-corrected chi connectivity index (χ4v) is 2.74. The lowest BCUT2D eigenvalue weighted by molar-refractivity contribution is 0.288. The van der Waals surface area contributed by atoms with Gasteiger partial charge in [0.2, 0.25) is 0 Å². The number of anilines is 1. The number of halogens is 2. The van der Waals surface area contributed by atoms with E-state index in [9.17, 15) is 8.78 Å². The number of likely N-dealkylation sites (tertiary alicyclic amines) is 1. The summed E-state index contributed by atoms with van der Waals surface area (Å²) in [7, 11) is 0. The summed E-state index contributed by atoms with van der Waals surface area (Å²) >= 11 is 0. The summed E-state index contributed by atoms with van der Waals surface area (Å²) in [5.41, 5.74) is 5.76. The number of nitrogens with zero attached hydrogens (tertiary/aromatic N) is 2. The lowest BCUT2D eigenvalue weighted by Gasteiger charge is -2.17. The Balaban J connectivity index is 1.84. The molecule has 0 spiro atoms. The highest BCUT2D eigenvalue weighted by molar-refractivity contribution is 5.92. The van der Waals surface area contributed by atoms with Crippen molar-refractivity contribution in [3.05, 3.63) is 29.8 Å². The highest BCUT2D eigenvalue weighted by atomic mass is 19.1. The summed E-state index contributed by atoms with van der Waals surface area (Å²) in [6.45, 7) is 8.22. The van der Waals surface area contributed by atoms with E-state index in [4.69, 9.17) is 5.73 Å². The van der Waals surface area contributed by atoms with Crippen molar-refractivity contribution in [2.24, 2.45) is 22.6 Å². The molecular weight excluding hydrogens is 286 g/mol. The maximum absolute atomic E-state index is 13.5. The number of nitrogens with one attached hydrogen (secondary N) is 1. The third-order valence-electron chi connectivity index (χ3n) is 3.70. The van der Waals surface area contributed by atoms with Crippen LogP contribution in [-0.4, -0.2) is 37.0 Å². The van der Waals surface area contributed by atoms with Crippen LogP contribution in [0.25, 0.3) is 0 Å². The number of hydrogen-bond acceptors (Lipinski definition) is 2. The third-order valence-corrected chi connectivity index (χ3v) is 3.70. The minimum Gasteiger partial charge on any atom is -0.370 e. The zero-order valence-corrected chi connectivity index (χ0v) is 13.1. The van der Waals surface area contributed by atoms with Crippen LogP contribution in [0.2, 0.25) is 0 Å². The molecule has 1 aromatic rings. The summed E-state index contributed by atoms with van der Waals surface area (Å²) in [5.74, 6) is 0.175. The Hall–Kier alpha value is -1.69. The van der Waals surface area contributed by atoms with Gasteiger partial charge in [-0.25, -0.2) is 8.78 Å². The van der Waals surface area contributed by atoms with E-state index in [0.29, 0.717) is 18.4 Å². The van der Waals surface area contributed by atoms with Crippen LogP contribution in [0.5, 0.6) is 0 Å². The average Bonchev–Trinajstić information content (AvgIpc) is 2.87. The molecule has 0 saturated carbocycles. The SMILES string of the molecule is CC(C)CN1CCC(CN=C(N)Nc2cc(F)ccc2F)C1. The van der Waals surface area contributed by atoms with Gasteiger partial charge in [0.05, 0.1) is 5.69 Å². The zero-order chi connectivity index (χ0) is 16.1. The first-order valence-electron chi connectivity index (χ1n) is 7.68. The van der Waals surface area contributed by atoms with Gasteiger partial charge >= 0.3 is 0 Å². The topological polar surface area (TPSA) is 53.6 Å². The molecule has 1 aliphatic heterocycles. The lowest BCUT2D eigenvalue weighted by Crippen LogP contribution is -2.27. The van der Waals surface area contributed by atoms with Crippen LogP contribution >= 0.6 is 0 Å². The Kier molecular flexibility index (Phi) is 5.71. The van der Waals surface area contributed by atoms with Crippen LogP contribution in [0, 0.1) is 23.5 Å². The molecule has 1 fully saturated rings. The molecule has 1 atom stereocenters. The Morgan fingerprint density at radius 3 is 2.95 bits per heavy atom. The summed E-state index contributed by atoms with van der Waals surface area (Å²) in [6, 6.07) is 3.19. The molecule has 1 aromatic carbocycles. The van der Waals surface area contributed by atoms with Crippen LogP contribution in [0.3, 0.4) is 0 Å². The lowest BCUT2D eigenvalue weighted by atomic mass is 10.1. The Morgan fingerprint density at radius 1 is 1.45 bits per heavy atom. The van der Waals surface area contributed by atoms with Crippen molar-refractivity contribution in [2.75, 3.05) is 31.5 Å². The second-order valence-electron chi connectivity index (χ2n) is 6.28. The van der Waals surface area contributed by atoms with Gasteiger partial charge in [-0.2, -0.15) is 0 Å². The van der Waals surface area contributed by atoms with E-state index in [1.807, 2.05) is 0 Å². The molecule has 0 radical (unpaired) electrons. The molecule has 1 heterocycles. The van der Waals surface area contributed by atoms with E-state index in [-0.39, 0.29) is 11.6 Å². The van der Waals surface area contributed by atoms with Gasteiger partial charge in [0.25, 0.3) is 0 Å². The Labute approximate surface area is 130 Å². The molecule has 22 heavy (non-hydrogen) atoms. The van der Waals surface area contributed by atoms with E-state index in [0.717, 1.165) is 44.3 Å².